The molecule has 25 heavy (non-hydrogen) atoms. The Morgan fingerprint density at radius 2 is 2.08 bits per heavy atom. The average molecular weight is 362 g/mol. The third-order valence-corrected chi connectivity index (χ3v) is 6.76. The molecule has 1 saturated heterocycles. The molecule has 138 valence electrons. The largest absolute Gasteiger partial charge is 0.356 e. The second-order valence-electron chi connectivity index (χ2n) is 7.25. The van der Waals surface area contributed by atoms with Crippen molar-refractivity contribution in [1.29, 1.82) is 0 Å². The normalized spacial score (nSPS) is 21.9. The molecule has 1 aromatic rings. The van der Waals surface area contributed by atoms with Crippen LogP contribution in [0.15, 0.2) is 24.4 Å². The van der Waals surface area contributed by atoms with Crippen LogP contribution in [-0.4, -0.2) is 41.5 Å². The van der Waals surface area contributed by atoms with Crippen LogP contribution in [0.1, 0.15) is 51.4 Å². The summed E-state index contributed by atoms with van der Waals surface area (Å²) in [6, 6.07) is 5.97. The monoisotopic (exact) mass is 361 g/mol. The van der Waals surface area contributed by atoms with Crippen LogP contribution in [0.5, 0.6) is 0 Å². The van der Waals surface area contributed by atoms with E-state index >= 15 is 0 Å². The number of thioether (sulfide) groups is 1. The van der Waals surface area contributed by atoms with Crippen molar-refractivity contribution in [1.82, 2.24) is 10.3 Å². The van der Waals surface area contributed by atoms with E-state index in [2.05, 4.69) is 27.0 Å². The predicted molar refractivity (Wildman–Crippen MR) is 106 cm³/mol. The molecule has 0 spiro atoms. The van der Waals surface area contributed by atoms with E-state index in [9.17, 15) is 4.79 Å². The van der Waals surface area contributed by atoms with Gasteiger partial charge in [-0.1, -0.05) is 25.3 Å². The van der Waals surface area contributed by atoms with Crippen LogP contribution >= 0.6 is 11.8 Å². The van der Waals surface area contributed by atoms with Gasteiger partial charge in [0.05, 0.1) is 5.92 Å². The van der Waals surface area contributed by atoms with E-state index in [1.54, 1.807) is 0 Å². The maximum atomic E-state index is 12.5. The van der Waals surface area contributed by atoms with E-state index in [-0.39, 0.29) is 11.8 Å². The van der Waals surface area contributed by atoms with Crippen LogP contribution in [-0.2, 0) is 4.79 Å². The molecule has 2 heterocycles. The molecule has 1 amide bonds. The number of pyridine rings is 1. The zero-order valence-electron chi connectivity index (χ0n) is 15.2. The lowest BCUT2D eigenvalue weighted by Gasteiger charge is -2.32. The lowest BCUT2D eigenvalue weighted by molar-refractivity contribution is -0.125. The van der Waals surface area contributed by atoms with E-state index in [0.717, 1.165) is 50.0 Å². The minimum atomic E-state index is 0.0988. The van der Waals surface area contributed by atoms with E-state index in [1.165, 1.54) is 37.9 Å². The highest BCUT2D eigenvalue weighted by Crippen LogP contribution is 2.28. The van der Waals surface area contributed by atoms with Crippen molar-refractivity contribution < 1.29 is 4.79 Å². The molecular weight excluding hydrogens is 330 g/mol. The molecule has 0 bridgehead atoms. The number of aromatic nitrogens is 1. The van der Waals surface area contributed by atoms with Crippen LogP contribution in [0.4, 0.5) is 5.82 Å². The smallest absolute Gasteiger partial charge is 0.224 e. The molecule has 1 N–H and O–H groups in total. The highest BCUT2D eigenvalue weighted by Gasteiger charge is 2.26. The Morgan fingerprint density at radius 1 is 1.20 bits per heavy atom. The first-order valence-corrected chi connectivity index (χ1v) is 10.9. The van der Waals surface area contributed by atoms with Gasteiger partial charge in [-0.3, -0.25) is 4.79 Å². The van der Waals surface area contributed by atoms with Crippen molar-refractivity contribution in [2.24, 2.45) is 5.92 Å². The molecule has 1 aliphatic carbocycles. The molecular formula is C20H31N3OS. The van der Waals surface area contributed by atoms with Gasteiger partial charge in [0.2, 0.25) is 5.91 Å². The van der Waals surface area contributed by atoms with Crippen molar-refractivity contribution in [2.75, 3.05) is 30.3 Å². The third-order valence-electron chi connectivity index (χ3n) is 5.29. The highest BCUT2D eigenvalue weighted by molar-refractivity contribution is 7.99. The first-order chi connectivity index (χ1) is 12.3. The molecule has 5 heteroatoms. The molecule has 1 saturated carbocycles. The van der Waals surface area contributed by atoms with Gasteiger partial charge < -0.3 is 10.2 Å². The molecule has 2 aliphatic rings. The van der Waals surface area contributed by atoms with Crippen LogP contribution in [0.2, 0.25) is 0 Å². The van der Waals surface area contributed by atoms with Crippen LogP contribution < -0.4 is 10.2 Å². The number of nitrogens with one attached hydrogen (secondary N) is 1. The number of carbonyl (C=O) groups is 1. The minimum Gasteiger partial charge on any atom is -0.356 e. The molecule has 1 aliphatic heterocycles. The predicted octanol–water partition coefficient (Wildman–Crippen LogP) is 3.87. The average Bonchev–Trinajstić information content (AvgIpc) is 2.69. The fraction of sp³-hybridized carbons (Fsp3) is 0.700. The minimum absolute atomic E-state index is 0.0988. The fourth-order valence-electron chi connectivity index (χ4n) is 3.85. The van der Waals surface area contributed by atoms with Crippen molar-refractivity contribution in [2.45, 2.75) is 56.6 Å². The summed E-state index contributed by atoms with van der Waals surface area (Å²) in [5, 5.41) is 4.03. The van der Waals surface area contributed by atoms with E-state index < -0.39 is 0 Å². The summed E-state index contributed by atoms with van der Waals surface area (Å²) < 4.78 is 0. The summed E-state index contributed by atoms with van der Waals surface area (Å²) in [5.41, 5.74) is 0. The SMILES string of the molecule is O=C(NCCCSC1CCCCC1)[C@@H]1CCCN(c2ccccn2)C1. The van der Waals surface area contributed by atoms with Crippen molar-refractivity contribution in [3.8, 4) is 0 Å². The topological polar surface area (TPSA) is 45.2 Å². The van der Waals surface area contributed by atoms with Crippen LogP contribution in [0.25, 0.3) is 0 Å². The summed E-state index contributed by atoms with van der Waals surface area (Å²) in [7, 11) is 0. The Kier molecular flexibility index (Phi) is 7.46. The standard InChI is InChI=1S/C20H31N3OS/c24-20(22-13-7-15-25-18-9-2-1-3-10-18)17-8-6-14-23(16-17)19-11-4-5-12-21-19/h4-5,11-12,17-18H,1-3,6-10,13-16H2,(H,22,24)/t17-/m1/s1. The van der Waals surface area contributed by atoms with Crippen LogP contribution in [0, 0.1) is 5.92 Å². The Labute approximate surface area is 156 Å². The molecule has 0 aromatic carbocycles. The van der Waals surface area contributed by atoms with E-state index in [4.69, 9.17) is 0 Å². The van der Waals surface area contributed by atoms with Gasteiger partial charge in [0.25, 0.3) is 0 Å². The van der Waals surface area contributed by atoms with E-state index in [1.807, 2.05) is 24.4 Å². The second-order valence-corrected chi connectivity index (χ2v) is 8.66. The fourth-order valence-corrected chi connectivity index (χ4v) is 5.16. The number of piperidine rings is 1. The summed E-state index contributed by atoms with van der Waals surface area (Å²) in [4.78, 5) is 19.1. The summed E-state index contributed by atoms with van der Waals surface area (Å²) in [6.07, 6.45) is 12.0. The zero-order valence-corrected chi connectivity index (χ0v) is 16.0. The quantitative estimate of drug-likeness (QED) is 0.749. The maximum Gasteiger partial charge on any atom is 0.224 e. The zero-order chi connectivity index (χ0) is 17.3. The number of amides is 1. The molecule has 0 unspecified atom stereocenters. The molecule has 0 radical (unpaired) electrons. The van der Waals surface area contributed by atoms with Gasteiger partial charge in [-0.15, -0.1) is 0 Å². The number of carbonyl (C=O) groups excluding carboxylic acids is 1. The molecule has 4 nitrogen and oxygen atoms in total. The number of hydrogen-bond acceptors (Lipinski definition) is 4. The van der Waals surface area contributed by atoms with Crippen LogP contribution in [0.3, 0.4) is 0 Å². The number of rotatable bonds is 7. The number of hydrogen-bond donors (Lipinski definition) is 1. The van der Waals surface area contributed by atoms with E-state index in [0.29, 0.717) is 0 Å². The molecule has 1 aromatic heterocycles. The van der Waals surface area contributed by atoms with Gasteiger partial charge in [-0.05, 0) is 50.0 Å². The first-order valence-electron chi connectivity index (χ1n) is 9.88. The van der Waals surface area contributed by atoms with Crippen molar-refractivity contribution in [3.63, 3.8) is 0 Å². The number of anilines is 1. The third kappa shape index (κ3) is 5.91. The summed E-state index contributed by atoms with van der Waals surface area (Å²) in [6.45, 7) is 2.61. The van der Waals surface area contributed by atoms with Gasteiger partial charge >= 0.3 is 0 Å². The maximum absolute atomic E-state index is 12.5. The van der Waals surface area contributed by atoms with Crippen molar-refractivity contribution >= 4 is 23.5 Å². The van der Waals surface area contributed by atoms with Gasteiger partial charge in [0.15, 0.2) is 0 Å². The van der Waals surface area contributed by atoms with Gasteiger partial charge in [0, 0.05) is 31.1 Å². The second kappa shape index (κ2) is 10.0. The Morgan fingerprint density at radius 3 is 2.88 bits per heavy atom. The molecule has 3 rings (SSSR count). The lowest BCUT2D eigenvalue weighted by atomic mass is 9.97. The van der Waals surface area contributed by atoms with Gasteiger partial charge in [-0.25, -0.2) is 4.98 Å². The Bertz CT molecular complexity index is 519. The van der Waals surface area contributed by atoms with Crippen molar-refractivity contribution in [3.05, 3.63) is 24.4 Å². The first kappa shape index (κ1) is 18.6. The molecule has 1 atom stereocenters. The summed E-state index contributed by atoms with van der Waals surface area (Å²) >= 11 is 2.11. The highest BCUT2D eigenvalue weighted by atomic mass is 32.2. The Balaban J connectivity index is 1.33. The van der Waals surface area contributed by atoms with Gasteiger partial charge in [0.1, 0.15) is 5.82 Å². The Hall–Kier alpha value is -1.23. The molecule has 2 fully saturated rings. The lowest BCUT2D eigenvalue weighted by Crippen LogP contribution is -2.43. The number of nitrogens with zero attached hydrogens (tertiary/aromatic N) is 2. The van der Waals surface area contributed by atoms with Gasteiger partial charge in [-0.2, -0.15) is 11.8 Å². The summed E-state index contributed by atoms with van der Waals surface area (Å²) in [5.74, 6) is 2.49.